The van der Waals surface area contributed by atoms with Crippen molar-refractivity contribution in [3.63, 3.8) is 0 Å². The average Bonchev–Trinajstić information content (AvgIpc) is 2.51. The van der Waals surface area contributed by atoms with Crippen LogP contribution in [0.4, 0.5) is 4.79 Å². The predicted molar refractivity (Wildman–Crippen MR) is 74.9 cm³/mol. The van der Waals surface area contributed by atoms with Crippen LogP contribution in [0.2, 0.25) is 0 Å². The van der Waals surface area contributed by atoms with E-state index in [-0.39, 0.29) is 0 Å². The number of carbonyl (C=O) groups is 2. The molecule has 0 bridgehead atoms. The van der Waals surface area contributed by atoms with E-state index >= 15 is 0 Å². The van der Waals surface area contributed by atoms with E-state index in [0.29, 0.717) is 6.29 Å². The van der Waals surface area contributed by atoms with Gasteiger partial charge in [-0.1, -0.05) is 0 Å². The number of hydrogen-bond acceptors (Lipinski definition) is 4. The zero-order chi connectivity index (χ0) is 13.9. The van der Waals surface area contributed by atoms with Crippen LogP contribution in [0, 0.1) is 6.92 Å². The zero-order valence-electron chi connectivity index (χ0n) is 10.7. The van der Waals surface area contributed by atoms with Gasteiger partial charge < -0.3 is 14.8 Å². The molecule has 0 aliphatic rings. The Balaban J connectivity index is 2.77. The van der Waals surface area contributed by atoms with Gasteiger partial charge in [0.05, 0.1) is 0 Å². The second-order valence-electron chi connectivity index (χ2n) is 4.83. The lowest BCUT2D eigenvalue weighted by molar-refractivity contribution is -0.109. The Kier molecular flexibility index (Phi) is 4.92. The first kappa shape index (κ1) is 15.2. The third-order valence-corrected chi connectivity index (χ3v) is 3.98. The number of hydrogen-bond donors (Lipinski definition) is 1. The fourth-order valence-corrected chi connectivity index (χ4v) is 3.22. The van der Waals surface area contributed by atoms with E-state index in [1.54, 1.807) is 20.8 Å². The molecule has 1 atom stereocenters. The lowest BCUT2D eigenvalue weighted by atomic mass is 10.2. The highest BCUT2D eigenvalue weighted by Crippen LogP contribution is 2.31. The molecule has 0 saturated heterocycles. The van der Waals surface area contributed by atoms with E-state index < -0.39 is 17.7 Å². The topological polar surface area (TPSA) is 55.4 Å². The SMILES string of the molecule is Cc1cc(Br)c(C(C=O)NC(=O)OC(C)(C)C)s1. The highest BCUT2D eigenvalue weighted by molar-refractivity contribution is 9.10. The van der Waals surface area contributed by atoms with Gasteiger partial charge in [-0.2, -0.15) is 0 Å². The molecule has 1 unspecified atom stereocenters. The van der Waals surface area contributed by atoms with Gasteiger partial charge in [0.15, 0.2) is 0 Å². The van der Waals surface area contributed by atoms with Crippen LogP contribution in [-0.2, 0) is 9.53 Å². The first-order chi connectivity index (χ1) is 8.23. The molecular formula is C12H16BrNO3S. The van der Waals surface area contributed by atoms with Crippen LogP contribution < -0.4 is 5.32 Å². The lowest BCUT2D eigenvalue weighted by Gasteiger charge is -2.21. The summed E-state index contributed by atoms with van der Waals surface area (Å²) < 4.78 is 5.94. The normalized spacial score (nSPS) is 12.9. The van der Waals surface area contributed by atoms with E-state index in [1.165, 1.54) is 11.3 Å². The van der Waals surface area contributed by atoms with Crippen LogP contribution in [0.15, 0.2) is 10.5 Å². The Labute approximate surface area is 119 Å². The molecule has 0 radical (unpaired) electrons. The number of halogens is 1. The van der Waals surface area contributed by atoms with Crippen molar-refractivity contribution in [3.8, 4) is 0 Å². The standard InChI is InChI=1S/C12H16BrNO3S/c1-7-5-8(13)10(18-7)9(6-15)14-11(16)17-12(2,3)4/h5-6,9H,1-4H3,(H,14,16). The third-order valence-electron chi connectivity index (χ3n) is 1.93. The summed E-state index contributed by atoms with van der Waals surface area (Å²) in [5.74, 6) is 0. The Hall–Kier alpha value is -0.880. The van der Waals surface area contributed by atoms with Crippen molar-refractivity contribution in [2.45, 2.75) is 39.3 Å². The maximum absolute atomic E-state index is 11.6. The number of aldehydes is 1. The predicted octanol–water partition coefficient (Wildman–Crippen LogP) is 3.58. The molecular weight excluding hydrogens is 318 g/mol. The minimum Gasteiger partial charge on any atom is -0.444 e. The number of nitrogens with one attached hydrogen (secondary N) is 1. The Morgan fingerprint density at radius 2 is 2.17 bits per heavy atom. The minimum absolute atomic E-state index is 0.583. The fraction of sp³-hybridized carbons (Fsp3) is 0.500. The van der Waals surface area contributed by atoms with E-state index in [4.69, 9.17) is 4.74 Å². The molecule has 100 valence electrons. The number of alkyl carbamates (subject to hydrolysis) is 1. The molecule has 1 N–H and O–H groups in total. The summed E-state index contributed by atoms with van der Waals surface area (Å²) in [4.78, 5) is 24.5. The average molecular weight is 334 g/mol. The van der Waals surface area contributed by atoms with Gasteiger partial charge in [0.1, 0.15) is 17.9 Å². The molecule has 1 heterocycles. The molecule has 0 saturated carbocycles. The van der Waals surface area contributed by atoms with Crippen molar-refractivity contribution in [1.82, 2.24) is 5.32 Å². The van der Waals surface area contributed by atoms with Gasteiger partial charge >= 0.3 is 6.09 Å². The molecule has 1 aromatic heterocycles. The number of rotatable bonds is 3. The molecule has 1 amide bonds. The maximum Gasteiger partial charge on any atom is 0.408 e. The maximum atomic E-state index is 11.6. The zero-order valence-corrected chi connectivity index (χ0v) is 13.1. The van der Waals surface area contributed by atoms with E-state index in [9.17, 15) is 9.59 Å². The number of aryl methyl sites for hydroxylation is 1. The Bertz CT molecular complexity index is 451. The van der Waals surface area contributed by atoms with Gasteiger partial charge in [0, 0.05) is 14.2 Å². The summed E-state index contributed by atoms with van der Waals surface area (Å²) in [6.45, 7) is 7.25. The fourth-order valence-electron chi connectivity index (χ4n) is 1.31. The second-order valence-corrected chi connectivity index (χ2v) is 6.97. The Morgan fingerprint density at radius 3 is 2.56 bits per heavy atom. The summed E-state index contributed by atoms with van der Waals surface area (Å²) >= 11 is 4.83. The number of carbonyl (C=O) groups excluding carboxylic acids is 2. The largest absolute Gasteiger partial charge is 0.444 e. The molecule has 0 aliphatic heterocycles. The van der Waals surface area contributed by atoms with Crippen LogP contribution in [-0.4, -0.2) is 18.0 Å². The highest BCUT2D eigenvalue weighted by Gasteiger charge is 2.22. The van der Waals surface area contributed by atoms with Crippen LogP contribution in [0.3, 0.4) is 0 Å². The molecule has 18 heavy (non-hydrogen) atoms. The van der Waals surface area contributed by atoms with Gasteiger partial charge in [-0.25, -0.2) is 4.79 Å². The van der Waals surface area contributed by atoms with Crippen LogP contribution in [0.5, 0.6) is 0 Å². The van der Waals surface area contributed by atoms with Gasteiger partial charge in [-0.15, -0.1) is 11.3 Å². The van der Waals surface area contributed by atoms with Crippen LogP contribution in [0.25, 0.3) is 0 Å². The van der Waals surface area contributed by atoms with E-state index in [1.807, 2.05) is 13.0 Å². The highest BCUT2D eigenvalue weighted by atomic mass is 79.9. The van der Waals surface area contributed by atoms with Crippen molar-refractivity contribution < 1.29 is 14.3 Å². The van der Waals surface area contributed by atoms with Crippen molar-refractivity contribution in [2.75, 3.05) is 0 Å². The minimum atomic E-state index is -0.687. The smallest absolute Gasteiger partial charge is 0.408 e. The summed E-state index contributed by atoms with van der Waals surface area (Å²) in [7, 11) is 0. The summed E-state index contributed by atoms with van der Waals surface area (Å²) in [6, 6.07) is 1.22. The lowest BCUT2D eigenvalue weighted by Crippen LogP contribution is -2.35. The summed E-state index contributed by atoms with van der Waals surface area (Å²) in [5, 5.41) is 2.54. The molecule has 0 aliphatic carbocycles. The quantitative estimate of drug-likeness (QED) is 0.860. The van der Waals surface area contributed by atoms with Crippen LogP contribution in [0.1, 0.15) is 36.6 Å². The molecule has 0 spiro atoms. The van der Waals surface area contributed by atoms with Gasteiger partial charge in [-0.05, 0) is 49.7 Å². The monoisotopic (exact) mass is 333 g/mol. The van der Waals surface area contributed by atoms with Gasteiger partial charge in [-0.3, -0.25) is 0 Å². The van der Waals surface area contributed by atoms with Gasteiger partial charge in [0.2, 0.25) is 0 Å². The molecule has 0 fully saturated rings. The van der Waals surface area contributed by atoms with Crippen molar-refractivity contribution in [3.05, 3.63) is 20.3 Å². The van der Waals surface area contributed by atoms with Crippen molar-refractivity contribution in [1.29, 1.82) is 0 Å². The van der Waals surface area contributed by atoms with E-state index in [0.717, 1.165) is 14.2 Å². The molecule has 1 rings (SSSR count). The Morgan fingerprint density at radius 1 is 1.56 bits per heavy atom. The van der Waals surface area contributed by atoms with Gasteiger partial charge in [0.25, 0.3) is 0 Å². The second kappa shape index (κ2) is 5.84. The van der Waals surface area contributed by atoms with Crippen molar-refractivity contribution in [2.24, 2.45) is 0 Å². The number of amides is 1. The molecule has 6 heteroatoms. The summed E-state index contributed by atoms with van der Waals surface area (Å²) in [6.07, 6.45) is 0.0949. The number of thiophene rings is 1. The van der Waals surface area contributed by atoms with Crippen LogP contribution >= 0.6 is 27.3 Å². The number of ether oxygens (including phenoxy) is 1. The first-order valence-electron chi connectivity index (χ1n) is 5.43. The molecule has 0 aromatic carbocycles. The first-order valence-corrected chi connectivity index (χ1v) is 7.04. The molecule has 1 aromatic rings. The van der Waals surface area contributed by atoms with E-state index in [2.05, 4.69) is 21.2 Å². The summed E-state index contributed by atoms with van der Waals surface area (Å²) in [5.41, 5.74) is -0.583. The van der Waals surface area contributed by atoms with Crippen molar-refractivity contribution >= 4 is 39.6 Å². The third kappa shape index (κ3) is 4.42. The molecule has 4 nitrogen and oxygen atoms in total.